The summed E-state index contributed by atoms with van der Waals surface area (Å²) in [4.78, 5) is 28.6. The van der Waals surface area contributed by atoms with E-state index in [1.807, 2.05) is 71.9 Å². The van der Waals surface area contributed by atoms with Gasteiger partial charge < -0.3 is 26.0 Å². The number of benzene rings is 1. The second-order valence-corrected chi connectivity index (χ2v) is 8.65. The number of carbonyl (C=O) groups is 2. The van der Waals surface area contributed by atoms with Crippen LogP contribution in [0.3, 0.4) is 0 Å². The molecule has 1 aromatic carbocycles. The van der Waals surface area contributed by atoms with Gasteiger partial charge in [0.2, 0.25) is 5.91 Å². The summed E-state index contributed by atoms with van der Waals surface area (Å²) in [5.41, 5.74) is -0.0768. The van der Waals surface area contributed by atoms with Gasteiger partial charge in [0.05, 0.1) is 12.1 Å². The van der Waals surface area contributed by atoms with Gasteiger partial charge in [-0.25, -0.2) is 4.79 Å². The second kappa shape index (κ2) is 14.1. The lowest BCUT2D eigenvalue weighted by atomic mass is 10.1. The van der Waals surface area contributed by atoms with Gasteiger partial charge in [-0.2, -0.15) is 0 Å². The molecule has 0 radical (unpaired) electrons. The summed E-state index contributed by atoms with van der Waals surface area (Å²) in [5, 5.41) is 12.0. The third-order valence-corrected chi connectivity index (χ3v) is 3.79. The van der Waals surface area contributed by atoms with Crippen LogP contribution in [0.1, 0.15) is 53.5 Å². The molecule has 0 heterocycles. The first kappa shape index (κ1) is 29.0. The minimum Gasteiger partial charge on any atom is -0.444 e. The standard InChI is InChI=1S/C22H37N5O3.HI/c1-7-23-19(26-16-22(5,6)27-20(29)30-21(2,3)4)24-14-13-18(28)25-15-17-11-9-8-10-12-17;/h8-12H,7,13-16H2,1-6H3,(H,25,28)(H,27,29)(H2,23,24,26);1H. The summed E-state index contributed by atoms with van der Waals surface area (Å²) in [6, 6.07) is 9.78. The maximum Gasteiger partial charge on any atom is 0.408 e. The van der Waals surface area contributed by atoms with Crippen molar-refractivity contribution >= 4 is 41.9 Å². The highest BCUT2D eigenvalue weighted by Gasteiger charge is 2.24. The van der Waals surface area contributed by atoms with Crippen molar-refractivity contribution in [3.8, 4) is 0 Å². The van der Waals surface area contributed by atoms with Gasteiger partial charge in [0, 0.05) is 26.1 Å². The number of alkyl carbamates (subject to hydrolysis) is 1. The smallest absolute Gasteiger partial charge is 0.408 e. The van der Waals surface area contributed by atoms with Crippen LogP contribution in [0, 0.1) is 0 Å². The van der Waals surface area contributed by atoms with Crippen LogP contribution >= 0.6 is 24.0 Å². The highest BCUT2D eigenvalue weighted by atomic mass is 127. The third kappa shape index (κ3) is 14.6. The second-order valence-electron chi connectivity index (χ2n) is 8.65. The largest absolute Gasteiger partial charge is 0.444 e. The highest BCUT2D eigenvalue weighted by Crippen LogP contribution is 2.09. The van der Waals surface area contributed by atoms with Gasteiger partial charge in [-0.3, -0.25) is 9.79 Å². The van der Waals surface area contributed by atoms with Crippen molar-refractivity contribution in [2.75, 3.05) is 19.6 Å². The molecule has 31 heavy (non-hydrogen) atoms. The molecule has 1 rings (SSSR count). The molecule has 0 saturated carbocycles. The van der Waals surface area contributed by atoms with E-state index < -0.39 is 17.2 Å². The van der Waals surface area contributed by atoms with E-state index in [0.29, 0.717) is 38.6 Å². The van der Waals surface area contributed by atoms with E-state index in [-0.39, 0.29) is 29.9 Å². The van der Waals surface area contributed by atoms with Crippen molar-refractivity contribution in [2.24, 2.45) is 4.99 Å². The molecular formula is C22H38IN5O3. The van der Waals surface area contributed by atoms with Gasteiger partial charge in [0.1, 0.15) is 5.60 Å². The van der Waals surface area contributed by atoms with Crippen LogP contribution in [0.2, 0.25) is 0 Å². The van der Waals surface area contributed by atoms with E-state index in [1.54, 1.807) is 0 Å². The van der Waals surface area contributed by atoms with E-state index in [4.69, 9.17) is 4.74 Å². The Labute approximate surface area is 203 Å². The summed E-state index contributed by atoms with van der Waals surface area (Å²) in [6.45, 7) is 13.2. The first-order valence-electron chi connectivity index (χ1n) is 10.3. The molecule has 0 aromatic heterocycles. The van der Waals surface area contributed by atoms with E-state index >= 15 is 0 Å². The number of nitrogens with zero attached hydrogens (tertiary/aromatic N) is 1. The SMILES string of the molecule is CCNC(=NCC(C)(C)NC(=O)OC(C)(C)C)NCCC(=O)NCc1ccccc1.I. The fourth-order valence-corrected chi connectivity index (χ4v) is 2.42. The molecule has 0 unspecified atom stereocenters. The molecule has 9 heteroatoms. The number of hydrogen-bond donors (Lipinski definition) is 4. The zero-order valence-corrected chi connectivity index (χ0v) is 21.8. The van der Waals surface area contributed by atoms with Crippen LogP contribution in [0.5, 0.6) is 0 Å². The number of halogens is 1. The summed E-state index contributed by atoms with van der Waals surface area (Å²) in [7, 11) is 0. The van der Waals surface area contributed by atoms with E-state index in [9.17, 15) is 9.59 Å². The van der Waals surface area contributed by atoms with Gasteiger partial charge in [-0.05, 0) is 47.1 Å². The van der Waals surface area contributed by atoms with Crippen LogP contribution in [-0.4, -0.2) is 48.7 Å². The number of hydrogen-bond acceptors (Lipinski definition) is 4. The van der Waals surface area contributed by atoms with Crippen LogP contribution in [0.15, 0.2) is 35.3 Å². The summed E-state index contributed by atoms with van der Waals surface area (Å²) >= 11 is 0. The molecule has 0 atom stereocenters. The van der Waals surface area contributed by atoms with Crippen LogP contribution in [0.4, 0.5) is 4.79 Å². The van der Waals surface area contributed by atoms with Crippen LogP contribution in [0.25, 0.3) is 0 Å². The minimum absolute atomic E-state index is 0. The Morgan fingerprint density at radius 3 is 2.23 bits per heavy atom. The first-order valence-corrected chi connectivity index (χ1v) is 10.3. The van der Waals surface area contributed by atoms with Crippen molar-refractivity contribution < 1.29 is 14.3 Å². The predicted octanol–water partition coefficient (Wildman–Crippen LogP) is 3.17. The molecule has 4 N–H and O–H groups in total. The Kier molecular flexibility index (Phi) is 13.2. The monoisotopic (exact) mass is 547 g/mol. The summed E-state index contributed by atoms with van der Waals surface area (Å²) in [6.07, 6.45) is -0.146. The van der Waals surface area contributed by atoms with Gasteiger partial charge in [0.25, 0.3) is 0 Å². The molecule has 1 aromatic rings. The van der Waals surface area contributed by atoms with Gasteiger partial charge >= 0.3 is 6.09 Å². The Balaban J connectivity index is 0.00000900. The summed E-state index contributed by atoms with van der Waals surface area (Å²) in [5.74, 6) is 0.557. The zero-order valence-electron chi connectivity index (χ0n) is 19.5. The lowest BCUT2D eigenvalue weighted by Gasteiger charge is -2.27. The molecule has 0 aliphatic heterocycles. The van der Waals surface area contributed by atoms with E-state index in [0.717, 1.165) is 5.56 Å². The Morgan fingerprint density at radius 1 is 1.00 bits per heavy atom. The number of ether oxygens (including phenoxy) is 1. The number of aliphatic imine (C=N–C) groups is 1. The normalized spacial score (nSPS) is 11.7. The molecule has 0 aliphatic rings. The summed E-state index contributed by atoms with van der Waals surface area (Å²) < 4.78 is 5.30. The van der Waals surface area contributed by atoms with Crippen molar-refractivity contribution in [1.82, 2.24) is 21.3 Å². The molecule has 2 amide bonds. The fraction of sp³-hybridized carbons (Fsp3) is 0.591. The van der Waals surface area contributed by atoms with Crippen LogP contribution in [-0.2, 0) is 16.1 Å². The lowest BCUT2D eigenvalue weighted by molar-refractivity contribution is -0.121. The average Bonchev–Trinajstić information content (AvgIpc) is 2.63. The quantitative estimate of drug-likeness (QED) is 0.216. The average molecular weight is 547 g/mol. The van der Waals surface area contributed by atoms with Gasteiger partial charge in [0.15, 0.2) is 5.96 Å². The number of amides is 2. The topological polar surface area (TPSA) is 104 Å². The molecular weight excluding hydrogens is 509 g/mol. The fourth-order valence-electron chi connectivity index (χ4n) is 2.42. The third-order valence-electron chi connectivity index (χ3n) is 3.79. The molecule has 176 valence electrons. The number of carbonyl (C=O) groups excluding carboxylic acids is 2. The van der Waals surface area contributed by atoms with E-state index in [2.05, 4.69) is 26.3 Å². The molecule has 8 nitrogen and oxygen atoms in total. The molecule has 0 spiro atoms. The van der Waals surface area contributed by atoms with E-state index in [1.165, 1.54) is 0 Å². The highest BCUT2D eigenvalue weighted by molar-refractivity contribution is 14.0. The maximum atomic E-state index is 12.0. The Bertz CT molecular complexity index is 703. The Morgan fingerprint density at radius 2 is 1.65 bits per heavy atom. The number of nitrogens with one attached hydrogen (secondary N) is 4. The molecule has 0 fully saturated rings. The number of guanidine groups is 1. The van der Waals surface area contributed by atoms with Gasteiger partial charge in [-0.15, -0.1) is 24.0 Å². The first-order chi connectivity index (χ1) is 14.0. The van der Waals surface area contributed by atoms with Crippen molar-refractivity contribution in [3.05, 3.63) is 35.9 Å². The molecule has 0 saturated heterocycles. The van der Waals surface area contributed by atoms with Crippen molar-refractivity contribution in [1.29, 1.82) is 0 Å². The zero-order chi connectivity index (χ0) is 22.6. The predicted molar refractivity (Wildman–Crippen MR) is 136 cm³/mol. The maximum absolute atomic E-state index is 12.0. The lowest BCUT2D eigenvalue weighted by Crippen LogP contribution is -2.49. The Hall–Kier alpha value is -2.04. The van der Waals surface area contributed by atoms with Crippen LogP contribution < -0.4 is 21.3 Å². The van der Waals surface area contributed by atoms with Crippen molar-refractivity contribution in [3.63, 3.8) is 0 Å². The van der Waals surface area contributed by atoms with Crippen molar-refractivity contribution in [2.45, 2.75) is 65.6 Å². The minimum atomic E-state index is -0.586. The number of rotatable bonds is 9. The van der Waals surface area contributed by atoms with Gasteiger partial charge in [-0.1, -0.05) is 30.3 Å². The molecule has 0 bridgehead atoms. The molecule has 0 aliphatic carbocycles.